The minimum absolute atomic E-state index is 0.000000000000000222. The zero-order valence-corrected chi connectivity index (χ0v) is 7.85. The molecule has 0 atom stereocenters. The lowest BCUT2D eigenvalue weighted by atomic mass is 10.1. The van der Waals surface area contributed by atoms with E-state index in [0.717, 1.165) is 5.56 Å². The summed E-state index contributed by atoms with van der Waals surface area (Å²) in [5.41, 5.74) is 1.23. The van der Waals surface area contributed by atoms with Crippen molar-refractivity contribution >= 4 is 6.29 Å². The van der Waals surface area contributed by atoms with E-state index in [1.165, 1.54) is 7.11 Å². The molecule has 0 aliphatic heterocycles. The first kappa shape index (κ1) is 9.71. The summed E-state index contributed by atoms with van der Waals surface area (Å²) in [6, 6.07) is 1.65. The molecule has 1 aromatic carbocycles. The number of methoxy groups -OCH3 is 1. The quantitative estimate of drug-likeness (QED) is 0.656. The van der Waals surface area contributed by atoms with Crippen LogP contribution in [0.25, 0.3) is 0 Å². The number of carbonyl (C=O) groups excluding carboxylic acids is 1. The number of carbonyl (C=O) groups is 1. The van der Waals surface area contributed by atoms with E-state index in [2.05, 4.69) is 0 Å². The monoisotopic (exact) mass is 182 g/mol. The molecule has 0 aliphatic carbocycles. The van der Waals surface area contributed by atoms with Crippen LogP contribution in [0.1, 0.15) is 21.5 Å². The van der Waals surface area contributed by atoms with Crippen molar-refractivity contribution in [1.29, 1.82) is 0 Å². The third-order valence-corrected chi connectivity index (χ3v) is 1.94. The molecule has 70 valence electrons. The number of aryl methyl sites for hydroxylation is 2. The van der Waals surface area contributed by atoms with Gasteiger partial charge in [0.1, 0.15) is 11.6 Å². The lowest BCUT2D eigenvalue weighted by Crippen LogP contribution is -1.99. The van der Waals surface area contributed by atoms with E-state index in [4.69, 9.17) is 4.74 Å². The van der Waals surface area contributed by atoms with Crippen molar-refractivity contribution < 1.29 is 13.9 Å². The van der Waals surface area contributed by atoms with Crippen LogP contribution in [0.2, 0.25) is 0 Å². The zero-order valence-electron chi connectivity index (χ0n) is 7.85. The molecule has 2 nitrogen and oxygen atoms in total. The summed E-state index contributed by atoms with van der Waals surface area (Å²) in [6.07, 6.45) is 0.480. The van der Waals surface area contributed by atoms with Gasteiger partial charge in [0.25, 0.3) is 0 Å². The van der Waals surface area contributed by atoms with Crippen molar-refractivity contribution in [3.63, 3.8) is 0 Å². The van der Waals surface area contributed by atoms with Gasteiger partial charge in [0, 0.05) is 0 Å². The molecule has 0 spiro atoms. The standard InChI is InChI=1S/C10H11FO2/c1-6-4-7(2)10(13-3)8(5-12)9(6)11/h4-5H,1-3H3. The van der Waals surface area contributed by atoms with E-state index in [1.807, 2.05) is 0 Å². The van der Waals surface area contributed by atoms with Crippen molar-refractivity contribution in [2.75, 3.05) is 7.11 Å². The fraction of sp³-hybridized carbons (Fsp3) is 0.300. The van der Waals surface area contributed by atoms with Crippen molar-refractivity contribution in [2.45, 2.75) is 13.8 Å². The van der Waals surface area contributed by atoms with Crippen LogP contribution in [0.5, 0.6) is 5.75 Å². The van der Waals surface area contributed by atoms with Gasteiger partial charge in [0.2, 0.25) is 0 Å². The summed E-state index contributed by atoms with van der Waals surface area (Å²) >= 11 is 0. The molecular weight excluding hydrogens is 171 g/mol. The fourth-order valence-corrected chi connectivity index (χ4v) is 1.35. The number of halogens is 1. The first-order valence-electron chi connectivity index (χ1n) is 3.90. The molecule has 0 fully saturated rings. The maximum absolute atomic E-state index is 13.3. The Hall–Kier alpha value is -1.38. The Labute approximate surface area is 76.3 Å². The Morgan fingerprint density at radius 1 is 1.38 bits per heavy atom. The highest BCUT2D eigenvalue weighted by atomic mass is 19.1. The van der Waals surface area contributed by atoms with Crippen molar-refractivity contribution in [1.82, 2.24) is 0 Å². The minimum atomic E-state index is -0.502. The van der Waals surface area contributed by atoms with Crippen molar-refractivity contribution in [3.8, 4) is 5.75 Å². The number of rotatable bonds is 2. The fourth-order valence-electron chi connectivity index (χ4n) is 1.35. The normalized spacial score (nSPS) is 9.85. The van der Waals surface area contributed by atoms with E-state index in [-0.39, 0.29) is 5.56 Å². The second-order valence-corrected chi connectivity index (χ2v) is 2.89. The number of ether oxygens (including phenoxy) is 1. The Bertz CT molecular complexity index is 345. The minimum Gasteiger partial charge on any atom is -0.496 e. The molecule has 0 N–H and O–H groups in total. The van der Waals surface area contributed by atoms with Crippen LogP contribution in [-0.2, 0) is 0 Å². The number of hydrogen-bond acceptors (Lipinski definition) is 2. The Morgan fingerprint density at radius 3 is 2.46 bits per heavy atom. The maximum Gasteiger partial charge on any atom is 0.156 e. The van der Waals surface area contributed by atoms with Crippen LogP contribution in [0.3, 0.4) is 0 Å². The second-order valence-electron chi connectivity index (χ2n) is 2.89. The number of aldehydes is 1. The third-order valence-electron chi connectivity index (χ3n) is 1.94. The molecule has 3 heteroatoms. The highest BCUT2D eigenvalue weighted by Gasteiger charge is 2.13. The molecule has 0 saturated carbocycles. The average molecular weight is 182 g/mol. The largest absolute Gasteiger partial charge is 0.496 e. The summed E-state index contributed by atoms with van der Waals surface area (Å²) in [7, 11) is 1.42. The van der Waals surface area contributed by atoms with Gasteiger partial charge in [-0.1, -0.05) is 0 Å². The molecule has 0 aliphatic rings. The van der Waals surface area contributed by atoms with Gasteiger partial charge >= 0.3 is 0 Å². The predicted octanol–water partition coefficient (Wildman–Crippen LogP) is 2.26. The Kier molecular flexibility index (Phi) is 2.66. The first-order chi connectivity index (χ1) is 6.11. The summed E-state index contributed by atoms with van der Waals surface area (Å²) < 4.78 is 18.2. The smallest absolute Gasteiger partial charge is 0.156 e. The molecule has 0 unspecified atom stereocenters. The van der Waals surface area contributed by atoms with Crippen LogP contribution in [0.15, 0.2) is 6.07 Å². The van der Waals surface area contributed by atoms with Gasteiger partial charge in [-0.25, -0.2) is 4.39 Å². The van der Waals surface area contributed by atoms with Gasteiger partial charge in [0.15, 0.2) is 6.29 Å². The molecule has 0 bridgehead atoms. The van der Waals surface area contributed by atoms with Crippen LogP contribution in [0, 0.1) is 19.7 Å². The van der Waals surface area contributed by atoms with Crippen molar-refractivity contribution in [3.05, 3.63) is 28.6 Å². The van der Waals surface area contributed by atoms with Gasteiger partial charge in [-0.2, -0.15) is 0 Å². The van der Waals surface area contributed by atoms with Crippen LogP contribution < -0.4 is 4.74 Å². The topological polar surface area (TPSA) is 26.3 Å². The molecule has 0 heterocycles. The van der Waals surface area contributed by atoms with Gasteiger partial charge in [-0.15, -0.1) is 0 Å². The summed E-state index contributed by atoms with van der Waals surface area (Å²) in [6.45, 7) is 3.40. The molecule has 0 saturated heterocycles. The molecule has 1 aromatic rings. The third kappa shape index (κ3) is 1.54. The Morgan fingerprint density at radius 2 is 2.00 bits per heavy atom. The predicted molar refractivity (Wildman–Crippen MR) is 47.8 cm³/mol. The summed E-state index contributed by atoms with van der Waals surface area (Å²) in [5.74, 6) is -0.185. The SMILES string of the molecule is COc1c(C)cc(C)c(F)c1C=O. The highest BCUT2D eigenvalue weighted by molar-refractivity contribution is 5.81. The molecule has 13 heavy (non-hydrogen) atoms. The lowest BCUT2D eigenvalue weighted by molar-refractivity contribution is 0.111. The maximum atomic E-state index is 13.3. The van der Waals surface area contributed by atoms with Gasteiger partial charge < -0.3 is 4.74 Å². The number of hydrogen-bond donors (Lipinski definition) is 0. The molecular formula is C10H11FO2. The second kappa shape index (κ2) is 3.56. The Balaban J connectivity index is 3.50. The summed E-state index contributed by atoms with van der Waals surface area (Å²) in [4.78, 5) is 10.6. The van der Waals surface area contributed by atoms with E-state index in [1.54, 1.807) is 19.9 Å². The van der Waals surface area contributed by atoms with E-state index >= 15 is 0 Å². The zero-order chi connectivity index (χ0) is 10.0. The van der Waals surface area contributed by atoms with E-state index < -0.39 is 5.82 Å². The number of benzene rings is 1. The molecule has 1 rings (SSSR count). The van der Waals surface area contributed by atoms with Gasteiger partial charge in [-0.3, -0.25) is 4.79 Å². The van der Waals surface area contributed by atoms with E-state index in [0.29, 0.717) is 17.6 Å². The first-order valence-corrected chi connectivity index (χ1v) is 3.90. The molecule has 0 aromatic heterocycles. The van der Waals surface area contributed by atoms with Crippen LogP contribution >= 0.6 is 0 Å². The van der Waals surface area contributed by atoms with Crippen LogP contribution in [0.4, 0.5) is 4.39 Å². The van der Waals surface area contributed by atoms with E-state index in [9.17, 15) is 9.18 Å². The van der Waals surface area contributed by atoms with Gasteiger partial charge in [-0.05, 0) is 31.0 Å². The lowest BCUT2D eigenvalue weighted by Gasteiger charge is -2.09. The van der Waals surface area contributed by atoms with Crippen LogP contribution in [-0.4, -0.2) is 13.4 Å². The highest BCUT2D eigenvalue weighted by Crippen LogP contribution is 2.26. The van der Waals surface area contributed by atoms with Crippen molar-refractivity contribution in [2.24, 2.45) is 0 Å². The summed E-state index contributed by atoms with van der Waals surface area (Å²) in [5, 5.41) is 0. The molecule has 0 radical (unpaired) electrons. The van der Waals surface area contributed by atoms with Gasteiger partial charge in [0.05, 0.1) is 12.7 Å². The molecule has 0 amide bonds. The average Bonchev–Trinajstić information content (AvgIpc) is 2.10.